The summed E-state index contributed by atoms with van der Waals surface area (Å²) in [5, 5.41) is 1.35. The van der Waals surface area contributed by atoms with Gasteiger partial charge < -0.3 is 9.63 Å². The van der Waals surface area contributed by atoms with Crippen LogP contribution in [-0.4, -0.2) is 35.8 Å². The molecule has 7 heteroatoms. The van der Waals surface area contributed by atoms with Crippen LogP contribution in [0.25, 0.3) is 0 Å². The molecule has 1 saturated heterocycles. The Morgan fingerprint density at radius 3 is 3.00 bits per heavy atom. The second-order valence-corrected chi connectivity index (χ2v) is 4.95. The molecule has 0 amide bonds. The predicted octanol–water partition coefficient (Wildman–Crippen LogP) is 0.978. The molecule has 2 unspecified atom stereocenters. The fraction of sp³-hybridized carbons (Fsp3) is 1.00. The van der Waals surface area contributed by atoms with Gasteiger partial charge in [0, 0.05) is 17.8 Å². The van der Waals surface area contributed by atoms with E-state index in [4.69, 9.17) is 20.9 Å². The van der Waals surface area contributed by atoms with Crippen LogP contribution in [0, 0.1) is 0 Å². The minimum Gasteiger partial charge on any atom is -0.376 e. The Kier molecular flexibility index (Phi) is 3.52. The first kappa shape index (κ1) is 10.4. The first-order chi connectivity index (χ1) is 5.47. The molecule has 72 valence electrons. The van der Waals surface area contributed by atoms with Gasteiger partial charge in [0.15, 0.2) is 0 Å². The van der Waals surface area contributed by atoms with E-state index in [9.17, 15) is 4.57 Å². The highest BCUT2D eigenvalue weighted by Gasteiger charge is 2.24. The molecule has 0 saturated carbocycles. The van der Waals surface area contributed by atoms with Crippen molar-refractivity contribution in [1.29, 1.82) is 0 Å². The van der Waals surface area contributed by atoms with Crippen LogP contribution in [0.4, 0.5) is 0 Å². The van der Waals surface area contributed by atoms with Gasteiger partial charge in [-0.3, -0.25) is 0 Å². The van der Waals surface area contributed by atoms with Crippen molar-refractivity contribution in [2.24, 2.45) is 0 Å². The smallest absolute Gasteiger partial charge is 0.376 e. The maximum Gasteiger partial charge on any atom is 0.438 e. The lowest BCUT2D eigenvalue weighted by molar-refractivity contribution is -0.144. The van der Waals surface area contributed by atoms with Crippen molar-refractivity contribution in [3.63, 3.8) is 0 Å². The summed E-state index contributed by atoms with van der Waals surface area (Å²) >= 11 is 5.02. The number of hydrogen-bond donors (Lipinski definition) is 1. The molecule has 1 heterocycles. The zero-order valence-corrected chi connectivity index (χ0v) is 8.29. The Morgan fingerprint density at radius 1 is 1.83 bits per heavy atom. The van der Waals surface area contributed by atoms with Gasteiger partial charge >= 0.3 is 6.95 Å². The maximum atomic E-state index is 10.6. The van der Waals surface area contributed by atoms with Crippen LogP contribution in [0.2, 0.25) is 0 Å². The number of rotatable bonds is 2. The number of halogens is 1. The van der Waals surface area contributed by atoms with E-state index in [-0.39, 0.29) is 6.10 Å². The number of hydroxylamine groups is 2. The second kappa shape index (κ2) is 4.05. The van der Waals surface area contributed by atoms with Gasteiger partial charge in [-0.15, -0.1) is 0 Å². The van der Waals surface area contributed by atoms with E-state index in [0.717, 1.165) is 0 Å². The maximum absolute atomic E-state index is 10.6. The summed E-state index contributed by atoms with van der Waals surface area (Å²) in [6.07, 6.45) is 0.00182. The largest absolute Gasteiger partial charge is 0.438 e. The molecule has 0 aliphatic carbocycles. The van der Waals surface area contributed by atoms with Crippen LogP contribution >= 0.6 is 18.2 Å². The molecule has 1 N–H and O–H groups in total. The standard InChI is InChI=1S/C5H11ClNO4P/c1-5-4-7(2-3-10-5)11-12(6,8)9/h5H,2-4H2,1H3,(H,8,9). The molecule has 1 aliphatic rings. The van der Waals surface area contributed by atoms with Crippen molar-refractivity contribution in [3.05, 3.63) is 0 Å². The van der Waals surface area contributed by atoms with E-state index < -0.39 is 6.95 Å². The van der Waals surface area contributed by atoms with E-state index >= 15 is 0 Å². The van der Waals surface area contributed by atoms with E-state index in [2.05, 4.69) is 4.62 Å². The van der Waals surface area contributed by atoms with Crippen molar-refractivity contribution in [2.75, 3.05) is 19.7 Å². The quantitative estimate of drug-likeness (QED) is 0.696. The van der Waals surface area contributed by atoms with Gasteiger partial charge in [0.2, 0.25) is 0 Å². The molecule has 1 aliphatic heterocycles. The SMILES string of the molecule is CC1CN(OP(=O)(O)Cl)CCO1. The van der Waals surface area contributed by atoms with Gasteiger partial charge in [-0.05, 0) is 6.92 Å². The molecule has 5 nitrogen and oxygen atoms in total. The molecule has 0 spiro atoms. The lowest BCUT2D eigenvalue weighted by Crippen LogP contribution is -2.40. The van der Waals surface area contributed by atoms with Gasteiger partial charge in [-0.25, -0.2) is 9.19 Å². The number of morpholine rings is 1. The van der Waals surface area contributed by atoms with Crippen LogP contribution in [0.3, 0.4) is 0 Å². The molecule has 0 aromatic carbocycles. The second-order valence-electron chi connectivity index (χ2n) is 2.60. The Morgan fingerprint density at radius 2 is 2.50 bits per heavy atom. The minimum atomic E-state index is -3.92. The van der Waals surface area contributed by atoms with Gasteiger partial charge in [0.1, 0.15) is 0 Å². The fourth-order valence-corrected chi connectivity index (χ4v) is 1.70. The lowest BCUT2D eigenvalue weighted by atomic mass is 10.3. The third-order valence-corrected chi connectivity index (χ3v) is 2.04. The van der Waals surface area contributed by atoms with Gasteiger partial charge in [0.25, 0.3) is 0 Å². The highest BCUT2D eigenvalue weighted by atomic mass is 35.7. The first-order valence-corrected chi connectivity index (χ1v) is 6.04. The third-order valence-electron chi connectivity index (χ3n) is 1.42. The van der Waals surface area contributed by atoms with Crippen LogP contribution in [0.1, 0.15) is 6.92 Å². The molecular formula is C5H11ClNO4P. The van der Waals surface area contributed by atoms with Gasteiger partial charge in [-0.2, -0.15) is 5.06 Å². The summed E-state index contributed by atoms with van der Waals surface area (Å²) in [5.74, 6) is 0. The molecule has 0 bridgehead atoms. The van der Waals surface area contributed by atoms with Crippen molar-refractivity contribution in [2.45, 2.75) is 13.0 Å². The van der Waals surface area contributed by atoms with Crippen LogP contribution in [-0.2, 0) is 13.9 Å². The van der Waals surface area contributed by atoms with Crippen LogP contribution in [0.15, 0.2) is 0 Å². The summed E-state index contributed by atoms with van der Waals surface area (Å²) < 4.78 is 20.4. The Balaban J connectivity index is 2.37. The van der Waals surface area contributed by atoms with Crippen molar-refractivity contribution in [3.8, 4) is 0 Å². The first-order valence-electron chi connectivity index (χ1n) is 3.56. The van der Waals surface area contributed by atoms with E-state index in [1.54, 1.807) is 0 Å². The summed E-state index contributed by atoms with van der Waals surface area (Å²) in [5.41, 5.74) is 0. The summed E-state index contributed by atoms with van der Waals surface area (Å²) in [7, 11) is 0. The Bertz CT molecular complexity index is 196. The predicted molar refractivity (Wildman–Crippen MR) is 43.8 cm³/mol. The number of ether oxygens (including phenoxy) is 1. The summed E-state index contributed by atoms with van der Waals surface area (Å²) in [4.78, 5) is 8.67. The molecule has 0 radical (unpaired) electrons. The normalized spacial score (nSPS) is 31.4. The molecule has 1 fully saturated rings. The highest BCUT2D eigenvalue weighted by molar-refractivity contribution is 7.80. The van der Waals surface area contributed by atoms with E-state index in [1.165, 1.54) is 5.06 Å². The van der Waals surface area contributed by atoms with Crippen LogP contribution < -0.4 is 0 Å². The summed E-state index contributed by atoms with van der Waals surface area (Å²) in [6, 6.07) is 0. The zero-order valence-electron chi connectivity index (χ0n) is 6.64. The van der Waals surface area contributed by atoms with Crippen molar-refractivity contribution in [1.82, 2.24) is 5.06 Å². The lowest BCUT2D eigenvalue weighted by Gasteiger charge is -2.29. The third kappa shape index (κ3) is 3.85. The van der Waals surface area contributed by atoms with Crippen molar-refractivity contribution >= 4 is 18.2 Å². The highest BCUT2D eigenvalue weighted by Crippen LogP contribution is 2.48. The number of hydrogen-bond acceptors (Lipinski definition) is 4. The molecular weight excluding hydrogens is 204 g/mol. The molecule has 0 aromatic heterocycles. The fourth-order valence-electron chi connectivity index (χ4n) is 1.00. The molecule has 2 atom stereocenters. The number of nitrogens with zero attached hydrogens (tertiary/aromatic N) is 1. The Hall–Kier alpha value is 0.360. The molecule has 12 heavy (non-hydrogen) atoms. The van der Waals surface area contributed by atoms with Crippen molar-refractivity contribution < 1.29 is 18.8 Å². The Labute approximate surface area is 75.5 Å². The van der Waals surface area contributed by atoms with Crippen LogP contribution in [0.5, 0.6) is 0 Å². The van der Waals surface area contributed by atoms with E-state index in [1.807, 2.05) is 6.92 Å². The molecule has 1 rings (SSSR count). The summed E-state index contributed by atoms with van der Waals surface area (Å²) in [6.45, 7) is -0.665. The minimum absolute atomic E-state index is 0.00182. The monoisotopic (exact) mass is 215 g/mol. The topological polar surface area (TPSA) is 59.0 Å². The van der Waals surface area contributed by atoms with Gasteiger partial charge in [0.05, 0.1) is 19.3 Å². The van der Waals surface area contributed by atoms with E-state index in [0.29, 0.717) is 19.7 Å². The zero-order chi connectivity index (χ0) is 9.19. The average molecular weight is 216 g/mol. The average Bonchev–Trinajstić information content (AvgIpc) is 1.82. The van der Waals surface area contributed by atoms with Gasteiger partial charge in [-0.1, -0.05) is 0 Å². The molecule has 0 aromatic rings.